The van der Waals surface area contributed by atoms with Crippen LogP contribution in [0.15, 0.2) is 0 Å². The normalized spacial score (nSPS) is 0. The molecule has 21 valence electrons. The fourth-order valence-corrected chi connectivity index (χ4v) is 0. The minimum absolute atomic E-state index is 0. The molecule has 0 unspecified atom stereocenters. The quantitative estimate of drug-likeness (QED) is 0.318. The average molecular weight is 607 g/mol. The predicted molar refractivity (Wildman–Crippen MR) is 11.5 cm³/mol. The molecule has 0 bridgehead atoms. The fourth-order valence-electron chi connectivity index (χ4n) is 0. The molecular formula is BiMoSnW. The third-order valence-corrected chi connectivity index (χ3v) is 0. The maximum atomic E-state index is 0. The van der Waals surface area contributed by atoms with Gasteiger partial charge in [-0.2, -0.15) is 0 Å². The van der Waals surface area contributed by atoms with Gasteiger partial charge in [-0.15, -0.1) is 0 Å². The molecule has 0 saturated carbocycles. The molecule has 0 nitrogen and oxygen atoms in total. The number of hydrogen-bond acceptors (Lipinski definition) is 0. The second kappa shape index (κ2) is 16.6. The Morgan fingerprint density at radius 3 is 1.00 bits per heavy atom. The summed E-state index contributed by atoms with van der Waals surface area (Å²) in [5.74, 6) is 0. The fraction of sp³-hybridized carbons (Fsp3) is 0. The van der Waals surface area contributed by atoms with Crippen LogP contribution in [0.4, 0.5) is 0 Å². The first-order valence-corrected chi connectivity index (χ1v) is 0. The van der Waals surface area contributed by atoms with Crippen molar-refractivity contribution in [2.75, 3.05) is 0 Å². The summed E-state index contributed by atoms with van der Waals surface area (Å²) in [6, 6.07) is 0. The van der Waals surface area contributed by atoms with Crippen LogP contribution in [0.2, 0.25) is 0 Å². The van der Waals surface area contributed by atoms with Crippen LogP contribution < -0.4 is 0 Å². The minimum atomic E-state index is 0. The third kappa shape index (κ3) is 8.91. The van der Waals surface area contributed by atoms with Crippen molar-refractivity contribution < 1.29 is 42.1 Å². The molecule has 0 atom stereocenters. The molecule has 0 fully saturated rings. The molecule has 4 heteroatoms. The molecule has 0 aromatic carbocycles. The van der Waals surface area contributed by atoms with E-state index < -0.39 is 0 Å². The van der Waals surface area contributed by atoms with Crippen LogP contribution in [0.5, 0.6) is 0 Å². The first-order chi connectivity index (χ1) is 0. The molecule has 0 aliphatic rings. The first kappa shape index (κ1) is 27.7. The van der Waals surface area contributed by atoms with E-state index in [2.05, 4.69) is 0 Å². The van der Waals surface area contributed by atoms with Gasteiger partial charge >= 0.3 is 0 Å². The molecule has 7 radical (unpaired) electrons. The van der Waals surface area contributed by atoms with Crippen molar-refractivity contribution in [3.05, 3.63) is 0 Å². The van der Waals surface area contributed by atoms with E-state index >= 15 is 0 Å². The van der Waals surface area contributed by atoms with E-state index in [1.165, 1.54) is 0 Å². The molecule has 0 rings (SSSR count). The number of hydrogen-bond donors (Lipinski definition) is 0. The zero-order valence-corrected chi connectivity index (χ0v) is 13.0. The molecular weight excluding hydrogens is 607 g/mol. The van der Waals surface area contributed by atoms with Gasteiger partial charge in [-0.1, -0.05) is 0 Å². The summed E-state index contributed by atoms with van der Waals surface area (Å²) in [7, 11) is 0. The summed E-state index contributed by atoms with van der Waals surface area (Å²) in [6.45, 7) is 0. The van der Waals surface area contributed by atoms with Crippen LogP contribution in [0.3, 0.4) is 0 Å². The molecule has 0 aliphatic carbocycles. The molecule has 4 heavy (non-hydrogen) atoms. The van der Waals surface area contributed by atoms with Crippen LogP contribution in [-0.4, -0.2) is 50.1 Å². The van der Waals surface area contributed by atoms with Gasteiger partial charge in [0.15, 0.2) is 0 Å². The van der Waals surface area contributed by atoms with Gasteiger partial charge in [-0.25, -0.2) is 0 Å². The predicted octanol–water partition coefficient (Wildman–Crippen LogP) is -0.767. The molecule has 0 aromatic heterocycles. The molecule has 0 N–H and O–H groups in total. The van der Waals surface area contributed by atoms with Gasteiger partial charge in [-0.05, 0) is 0 Å². The van der Waals surface area contributed by atoms with E-state index in [0.717, 1.165) is 0 Å². The van der Waals surface area contributed by atoms with Crippen molar-refractivity contribution in [1.29, 1.82) is 0 Å². The summed E-state index contributed by atoms with van der Waals surface area (Å²) in [6.07, 6.45) is 0. The van der Waals surface area contributed by atoms with Crippen LogP contribution in [0, 0.1) is 0 Å². The summed E-state index contributed by atoms with van der Waals surface area (Å²) >= 11 is 0. The Labute approximate surface area is 90.5 Å². The molecule has 0 spiro atoms. The van der Waals surface area contributed by atoms with Crippen LogP contribution >= 0.6 is 0 Å². The van der Waals surface area contributed by atoms with Crippen molar-refractivity contribution in [3.63, 3.8) is 0 Å². The SMILES string of the molecule is [Bi].[Mo].[Sn].[W]. The molecule has 0 aliphatic heterocycles. The summed E-state index contributed by atoms with van der Waals surface area (Å²) in [4.78, 5) is 0. The molecule has 0 aromatic rings. The first-order valence-electron chi connectivity index (χ1n) is 0. The van der Waals surface area contributed by atoms with Gasteiger partial charge in [0, 0.05) is 92.2 Å². The Bertz CT molecular complexity index is 8.00. The van der Waals surface area contributed by atoms with E-state index in [1.807, 2.05) is 0 Å². The van der Waals surface area contributed by atoms with E-state index in [4.69, 9.17) is 0 Å². The van der Waals surface area contributed by atoms with Gasteiger partial charge < -0.3 is 0 Å². The summed E-state index contributed by atoms with van der Waals surface area (Å²) in [5, 5.41) is 0. The van der Waals surface area contributed by atoms with E-state index in [0.29, 0.717) is 0 Å². The Kier molecular flexibility index (Phi) is 115. The van der Waals surface area contributed by atoms with Crippen LogP contribution in [0.1, 0.15) is 0 Å². The van der Waals surface area contributed by atoms with Gasteiger partial charge in [0.1, 0.15) is 0 Å². The van der Waals surface area contributed by atoms with Crippen LogP contribution in [-0.2, 0) is 42.1 Å². The van der Waals surface area contributed by atoms with Crippen molar-refractivity contribution in [2.45, 2.75) is 0 Å². The molecule has 0 heterocycles. The second-order valence-corrected chi connectivity index (χ2v) is 0. The monoisotopic (exact) mass is 611 g/mol. The van der Waals surface area contributed by atoms with Gasteiger partial charge in [0.25, 0.3) is 0 Å². The van der Waals surface area contributed by atoms with Crippen molar-refractivity contribution in [2.24, 2.45) is 0 Å². The van der Waals surface area contributed by atoms with E-state index in [1.54, 1.807) is 0 Å². The average Bonchev–Trinajstić information content (AvgIpc) is 0. The third-order valence-electron chi connectivity index (χ3n) is 0. The minimum Gasteiger partial charge on any atom is 0 e. The smallest absolute Gasteiger partial charge is 0 e. The van der Waals surface area contributed by atoms with Crippen LogP contribution in [0.25, 0.3) is 0 Å². The summed E-state index contributed by atoms with van der Waals surface area (Å²) in [5.41, 5.74) is 0. The zero-order chi connectivity index (χ0) is 0. The van der Waals surface area contributed by atoms with E-state index in [9.17, 15) is 0 Å². The van der Waals surface area contributed by atoms with Crippen molar-refractivity contribution in [1.82, 2.24) is 0 Å². The Hall–Kier alpha value is 3.06. The Balaban J connectivity index is 0. The maximum Gasteiger partial charge on any atom is 0 e. The van der Waals surface area contributed by atoms with Gasteiger partial charge in [0.05, 0.1) is 0 Å². The molecule has 0 amide bonds. The number of rotatable bonds is 0. The maximum absolute atomic E-state index is 0. The molecule has 0 saturated heterocycles. The Morgan fingerprint density at radius 1 is 1.00 bits per heavy atom. The topological polar surface area (TPSA) is 0 Å². The Morgan fingerprint density at radius 2 is 1.00 bits per heavy atom. The van der Waals surface area contributed by atoms with Crippen molar-refractivity contribution in [3.8, 4) is 0 Å². The summed E-state index contributed by atoms with van der Waals surface area (Å²) < 4.78 is 0. The van der Waals surface area contributed by atoms with E-state index in [-0.39, 0.29) is 92.2 Å². The second-order valence-electron chi connectivity index (χ2n) is 0. The van der Waals surface area contributed by atoms with Crippen molar-refractivity contribution >= 4 is 50.1 Å². The van der Waals surface area contributed by atoms with Gasteiger partial charge in [-0.3, -0.25) is 0 Å². The zero-order valence-electron chi connectivity index (χ0n) is 1.76. The standard InChI is InChI=1S/Bi.Mo.Sn.W. The largest absolute Gasteiger partial charge is 0 e. The van der Waals surface area contributed by atoms with Gasteiger partial charge in [0.2, 0.25) is 0 Å².